The highest BCUT2D eigenvalue weighted by atomic mass is 32.1. The van der Waals surface area contributed by atoms with Gasteiger partial charge in [-0.15, -0.1) is 11.3 Å². The van der Waals surface area contributed by atoms with Crippen LogP contribution in [-0.4, -0.2) is 41.6 Å². The molecule has 1 atom stereocenters. The monoisotopic (exact) mass is 386 g/mol. The van der Waals surface area contributed by atoms with Crippen molar-refractivity contribution in [2.75, 3.05) is 20.2 Å². The van der Waals surface area contributed by atoms with Crippen molar-refractivity contribution in [3.05, 3.63) is 34.7 Å². The number of hydrogen-bond acceptors (Lipinski definition) is 5. The summed E-state index contributed by atoms with van der Waals surface area (Å²) in [5.74, 6) is 1.06. The number of morpholine rings is 1. The second-order valence-corrected chi connectivity index (χ2v) is 9.27. The highest BCUT2D eigenvalue weighted by Crippen LogP contribution is 2.48. The van der Waals surface area contributed by atoms with Crippen LogP contribution < -0.4 is 4.74 Å². The predicted octanol–water partition coefficient (Wildman–Crippen LogP) is 4.30. The number of hydrogen-bond donors (Lipinski definition) is 0. The lowest BCUT2D eigenvalue weighted by Gasteiger charge is -2.43. The van der Waals surface area contributed by atoms with Gasteiger partial charge in [-0.25, -0.2) is 4.98 Å². The van der Waals surface area contributed by atoms with Crippen LogP contribution in [-0.2, 0) is 9.53 Å². The van der Waals surface area contributed by atoms with Gasteiger partial charge in [0, 0.05) is 22.9 Å². The van der Waals surface area contributed by atoms with Gasteiger partial charge in [0.15, 0.2) is 0 Å². The van der Waals surface area contributed by atoms with Crippen LogP contribution in [0.15, 0.2) is 29.6 Å². The van der Waals surface area contributed by atoms with E-state index in [0.717, 1.165) is 34.9 Å². The smallest absolute Gasteiger partial charge is 0.228 e. The standard InChI is InChI=1S/C21H26N2O3S/c1-20(2)13-23(19(24)21(3)9-10-21)11-17(26-20)18-22-15(12-27-18)14-7-5-6-8-16(14)25-4/h5-8,12,17H,9-11,13H2,1-4H3/t17-/m1/s1. The van der Waals surface area contributed by atoms with E-state index in [1.807, 2.05) is 48.4 Å². The first-order valence-corrected chi connectivity index (χ1v) is 10.3. The highest BCUT2D eigenvalue weighted by molar-refractivity contribution is 7.10. The fourth-order valence-corrected chi connectivity index (χ4v) is 4.50. The van der Waals surface area contributed by atoms with E-state index in [0.29, 0.717) is 13.1 Å². The zero-order valence-corrected chi connectivity index (χ0v) is 17.1. The summed E-state index contributed by atoms with van der Waals surface area (Å²) in [5, 5.41) is 2.94. The maximum Gasteiger partial charge on any atom is 0.228 e. The van der Waals surface area contributed by atoms with E-state index in [4.69, 9.17) is 14.5 Å². The fourth-order valence-electron chi connectivity index (χ4n) is 3.67. The van der Waals surface area contributed by atoms with Crippen molar-refractivity contribution in [2.24, 2.45) is 5.41 Å². The van der Waals surface area contributed by atoms with Gasteiger partial charge in [0.25, 0.3) is 0 Å². The number of rotatable bonds is 4. The summed E-state index contributed by atoms with van der Waals surface area (Å²) in [4.78, 5) is 19.7. The lowest BCUT2D eigenvalue weighted by molar-refractivity contribution is -0.166. The third kappa shape index (κ3) is 3.60. The largest absolute Gasteiger partial charge is 0.496 e. The van der Waals surface area contributed by atoms with Crippen molar-refractivity contribution in [1.29, 1.82) is 0 Å². The molecule has 0 N–H and O–H groups in total. The Kier molecular flexibility index (Phi) is 4.51. The van der Waals surface area contributed by atoms with Gasteiger partial charge in [0.1, 0.15) is 16.9 Å². The first-order chi connectivity index (χ1) is 12.8. The minimum Gasteiger partial charge on any atom is -0.496 e. The molecule has 2 heterocycles. The van der Waals surface area contributed by atoms with Crippen LogP contribution in [0.2, 0.25) is 0 Å². The maximum atomic E-state index is 12.9. The molecule has 2 aromatic rings. The zero-order valence-electron chi connectivity index (χ0n) is 16.3. The van der Waals surface area contributed by atoms with E-state index in [1.165, 1.54) is 0 Å². The van der Waals surface area contributed by atoms with E-state index in [9.17, 15) is 4.79 Å². The van der Waals surface area contributed by atoms with Crippen LogP contribution in [0.4, 0.5) is 0 Å². The molecule has 1 aliphatic carbocycles. The highest BCUT2D eigenvalue weighted by Gasteiger charge is 2.49. The Balaban J connectivity index is 1.59. The number of methoxy groups -OCH3 is 1. The second-order valence-electron chi connectivity index (χ2n) is 8.38. The van der Waals surface area contributed by atoms with Crippen LogP contribution in [0.1, 0.15) is 44.7 Å². The van der Waals surface area contributed by atoms with Crippen molar-refractivity contribution < 1.29 is 14.3 Å². The maximum absolute atomic E-state index is 12.9. The number of carbonyl (C=O) groups is 1. The Morgan fingerprint density at radius 1 is 1.30 bits per heavy atom. The van der Waals surface area contributed by atoms with Gasteiger partial charge in [-0.2, -0.15) is 0 Å². The first kappa shape index (κ1) is 18.4. The molecule has 4 rings (SSSR count). The molecule has 1 aliphatic heterocycles. The van der Waals surface area contributed by atoms with Gasteiger partial charge in [-0.3, -0.25) is 4.79 Å². The predicted molar refractivity (Wildman–Crippen MR) is 106 cm³/mol. The van der Waals surface area contributed by atoms with Crippen molar-refractivity contribution in [3.63, 3.8) is 0 Å². The molecule has 0 bridgehead atoms. The second kappa shape index (κ2) is 6.60. The van der Waals surface area contributed by atoms with Crippen molar-refractivity contribution in [3.8, 4) is 17.0 Å². The van der Waals surface area contributed by atoms with E-state index >= 15 is 0 Å². The molecule has 1 aromatic heterocycles. The minimum absolute atomic E-state index is 0.163. The van der Waals surface area contributed by atoms with E-state index in [2.05, 4.69) is 6.92 Å². The average Bonchev–Trinajstić information content (AvgIpc) is 3.20. The molecule has 1 saturated carbocycles. The van der Waals surface area contributed by atoms with Crippen molar-refractivity contribution >= 4 is 17.2 Å². The Bertz CT molecular complexity index is 857. The molecular weight excluding hydrogens is 360 g/mol. The van der Waals surface area contributed by atoms with Crippen molar-refractivity contribution in [1.82, 2.24) is 9.88 Å². The number of carbonyl (C=O) groups excluding carboxylic acids is 1. The quantitative estimate of drug-likeness (QED) is 0.786. The van der Waals surface area contributed by atoms with Crippen molar-refractivity contribution in [2.45, 2.75) is 45.3 Å². The molecule has 0 spiro atoms. The van der Waals surface area contributed by atoms with Crippen LogP contribution in [0.5, 0.6) is 5.75 Å². The van der Waals surface area contributed by atoms with E-state index in [1.54, 1.807) is 18.4 Å². The van der Waals surface area contributed by atoms with Crippen LogP contribution >= 0.6 is 11.3 Å². The summed E-state index contributed by atoms with van der Waals surface area (Å²) in [7, 11) is 1.67. The number of thiazole rings is 1. The van der Waals surface area contributed by atoms with E-state index in [-0.39, 0.29) is 23.0 Å². The third-order valence-electron chi connectivity index (χ3n) is 5.40. The first-order valence-electron chi connectivity index (χ1n) is 9.37. The van der Waals surface area contributed by atoms with Crippen LogP contribution in [0.3, 0.4) is 0 Å². The number of ether oxygens (including phenoxy) is 2. The summed E-state index contributed by atoms with van der Waals surface area (Å²) in [5.41, 5.74) is 1.30. The molecule has 144 valence electrons. The topological polar surface area (TPSA) is 51.7 Å². The number of para-hydroxylation sites is 1. The lowest BCUT2D eigenvalue weighted by atomic mass is 10.0. The Labute approximate surface area is 164 Å². The summed E-state index contributed by atoms with van der Waals surface area (Å²) in [6, 6.07) is 7.87. The molecule has 1 aromatic carbocycles. The molecule has 2 fully saturated rings. The lowest BCUT2D eigenvalue weighted by Crippen LogP contribution is -2.53. The molecule has 2 aliphatic rings. The fraction of sp³-hybridized carbons (Fsp3) is 0.524. The normalized spacial score (nSPS) is 23.1. The molecular formula is C21H26N2O3S. The van der Waals surface area contributed by atoms with Gasteiger partial charge >= 0.3 is 0 Å². The number of amides is 1. The Morgan fingerprint density at radius 2 is 2.04 bits per heavy atom. The number of nitrogens with zero attached hydrogens (tertiary/aromatic N) is 2. The van der Waals surface area contributed by atoms with E-state index < -0.39 is 0 Å². The van der Waals surface area contributed by atoms with Gasteiger partial charge in [0.05, 0.1) is 24.9 Å². The SMILES string of the molecule is COc1ccccc1-c1csc([C@H]2CN(C(=O)C3(C)CC3)CC(C)(C)O2)n1. The summed E-state index contributed by atoms with van der Waals surface area (Å²) in [6.45, 7) is 7.35. The van der Waals surface area contributed by atoms with Crippen LogP contribution in [0.25, 0.3) is 11.3 Å². The Morgan fingerprint density at radius 3 is 2.74 bits per heavy atom. The molecule has 0 radical (unpaired) electrons. The molecule has 27 heavy (non-hydrogen) atoms. The summed E-state index contributed by atoms with van der Waals surface area (Å²) >= 11 is 1.58. The van der Waals surface area contributed by atoms with Gasteiger partial charge in [0.2, 0.25) is 5.91 Å². The minimum atomic E-state index is -0.389. The molecule has 1 saturated heterocycles. The summed E-state index contributed by atoms with van der Waals surface area (Å²) < 4.78 is 11.8. The zero-order chi connectivity index (χ0) is 19.2. The average molecular weight is 387 g/mol. The molecule has 1 amide bonds. The van der Waals surface area contributed by atoms with Crippen LogP contribution in [0, 0.1) is 5.41 Å². The molecule has 6 heteroatoms. The van der Waals surface area contributed by atoms with Gasteiger partial charge in [-0.1, -0.05) is 19.1 Å². The van der Waals surface area contributed by atoms with Gasteiger partial charge < -0.3 is 14.4 Å². The summed E-state index contributed by atoms with van der Waals surface area (Å²) in [6.07, 6.45) is 1.78. The van der Waals surface area contributed by atoms with Gasteiger partial charge in [-0.05, 0) is 38.8 Å². The molecule has 5 nitrogen and oxygen atoms in total. The molecule has 0 unspecified atom stereocenters. The number of aromatic nitrogens is 1. The Hall–Kier alpha value is -1.92. The number of benzene rings is 1. The third-order valence-corrected chi connectivity index (χ3v) is 6.34.